The number of fused-ring (bicyclic) bond motifs is 1. The number of carbonyl (C=O) groups excluding carboxylic acids is 1. The van der Waals surface area contributed by atoms with Crippen molar-refractivity contribution in [2.45, 2.75) is 0 Å². The molecule has 0 amide bonds. The Morgan fingerprint density at radius 3 is 2.17 bits per heavy atom. The molecule has 0 aliphatic heterocycles. The van der Waals surface area contributed by atoms with Crippen LogP contribution >= 0.6 is 0 Å². The first-order chi connectivity index (χ1) is 14.0. The zero-order valence-electron chi connectivity index (χ0n) is 15.8. The molecule has 0 spiro atoms. The second-order valence-corrected chi connectivity index (χ2v) is 7.51. The quantitative estimate of drug-likeness (QED) is 0.188. The van der Waals surface area contributed by atoms with Gasteiger partial charge in [0.15, 0.2) is 5.96 Å². The van der Waals surface area contributed by atoms with Crippen molar-refractivity contribution in [3.8, 4) is 11.8 Å². The van der Waals surface area contributed by atoms with E-state index in [-0.39, 0.29) is 5.96 Å². The molecule has 0 atom stereocenters. The summed E-state index contributed by atoms with van der Waals surface area (Å²) in [5.74, 6) is -0.106. The van der Waals surface area contributed by atoms with Crippen LogP contribution in [-0.4, -0.2) is 31.2 Å². The minimum absolute atomic E-state index is 0.0500. The summed E-state index contributed by atoms with van der Waals surface area (Å²) in [7, 11) is -3.67. The van der Waals surface area contributed by atoms with Crippen LogP contribution in [0.1, 0.15) is 15.9 Å². The lowest BCUT2D eigenvalue weighted by Crippen LogP contribution is -2.21. The number of guanidine groups is 1. The van der Waals surface area contributed by atoms with Crippen LogP contribution < -0.4 is 16.2 Å². The van der Waals surface area contributed by atoms with Gasteiger partial charge in [-0.1, -0.05) is 12.1 Å². The highest BCUT2D eigenvalue weighted by Crippen LogP contribution is 2.23. The molecule has 0 bridgehead atoms. The van der Waals surface area contributed by atoms with E-state index in [9.17, 15) is 13.2 Å². The Bertz CT molecular complexity index is 1230. The lowest BCUT2D eigenvalue weighted by atomic mass is 10.1. The molecule has 9 nitrogen and oxygen atoms in total. The molecule has 0 fully saturated rings. The number of nitrogens with zero attached hydrogens (tertiary/aromatic N) is 2. The van der Waals surface area contributed by atoms with Gasteiger partial charge < -0.3 is 16.2 Å². The summed E-state index contributed by atoms with van der Waals surface area (Å²) in [5, 5.41) is 10.7. The zero-order chi connectivity index (χ0) is 22.3. The Hall–Kier alpha value is -3.94. The van der Waals surface area contributed by atoms with Crippen molar-refractivity contribution in [2.24, 2.45) is 16.5 Å². The van der Waals surface area contributed by atoms with Gasteiger partial charge in [0.1, 0.15) is 5.75 Å². The molecule has 5 N–H and O–H groups in total. The van der Waals surface area contributed by atoms with Gasteiger partial charge in [0.2, 0.25) is 0 Å². The first-order valence-corrected chi connectivity index (χ1v) is 10.2. The number of carbonyl (C=O) groups is 1. The van der Waals surface area contributed by atoms with Gasteiger partial charge in [0.25, 0.3) is 10.1 Å². The van der Waals surface area contributed by atoms with E-state index in [1.54, 1.807) is 54.6 Å². The van der Waals surface area contributed by atoms with E-state index in [1.165, 1.54) is 0 Å². The van der Waals surface area contributed by atoms with Crippen molar-refractivity contribution in [2.75, 3.05) is 6.26 Å². The number of ether oxygens (including phenoxy) is 1. The third-order valence-corrected chi connectivity index (χ3v) is 3.51. The summed E-state index contributed by atoms with van der Waals surface area (Å²) in [6.45, 7) is 0. The average Bonchev–Trinajstić information content (AvgIpc) is 2.66. The van der Waals surface area contributed by atoms with E-state index in [1.807, 2.05) is 6.07 Å². The van der Waals surface area contributed by atoms with Crippen LogP contribution in [0.25, 0.3) is 10.8 Å². The van der Waals surface area contributed by atoms with E-state index in [4.69, 9.17) is 26.0 Å². The van der Waals surface area contributed by atoms with Crippen molar-refractivity contribution < 1.29 is 22.5 Å². The van der Waals surface area contributed by atoms with E-state index < -0.39 is 16.1 Å². The van der Waals surface area contributed by atoms with Gasteiger partial charge in [-0.05, 0) is 59.3 Å². The molecule has 0 aliphatic carbocycles. The SMILES string of the molecule is CS(=O)(=O)O.N#Cc1ccc2cc(OC(=O)c3ccc(N=C(N)N)cc3)ccc2c1. The predicted molar refractivity (Wildman–Crippen MR) is 113 cm³/mol. The predicted octanol–water partition coefficient (Wildman–Crippen LogP) is 2.34. The molecular weight excluding hydrogens is 408 g/mol. The minimum atomic E-state index is -3.67. The third kappa shape index (κ3) is 7.23. The first kappa shape index (κ1) is 22.4. The maximum absolute atomic E-state index is 12.2. The summed E-state index contributed by atoms with van der Waals surface area (Å²) in [5.41, 5.74) is 12.1. The highest BCUT2D eigenvalue weighted by atomic mass is 32.2. The Balaban J connectivity index is 0.000000575. The molecule has 0 aromatic heterocycles. The maximum atomic E-state index is 12.2. The lowest BCUT2D eigenvalue weighted by molar-refractivity contribution is 0.0735. The van der Waals surface area contributed by atoms with Gasteiger partial charge in [0.05, 0.1) is 29.1 Å². The van der Waals surface area contributed by atoms with Crippen LogP contribution in [0.2, 0.25) is 0 Å². The van der Waals surface area contributed by atoms with E-state index in [2.05, 4.69) is 11.1 Å². The largest absolute Gasteiger partial charge is 0.423 e. The number of benzene rings is 3. The van der Waals surface area contributed by atoms with Crippen molar-refractivity contribution >= 4 is 38.5 Å². The molecule has 3 aromatic carbocycles. The average molecular weight is 426 g/mol. The summed E-state index contributed by atoms with van der Waals surface area (Å²) in [6.07, 6.45) is 0.715. The lowest BCUT2D eigenvalue weighted by Gasteiger charge is -2.06. The fourth-order valence-corrected chi connectivity index (χ4v) is 2.34. The van der Waals surface area contributed by atoms with Gasteiger partial charge in [0, 0.05) is 0 Å². The normalized spacial score (nSPS) is 10.3. The molecule has 0 aliphatic rings. The zero-order valence-corrected chi connectivity index (χ0v) is 16.6. The van der Waals surface area contributed by atoms with Crippen LogP contribution in [0.3, 0.4) is 0 Å². The van der Waals surface area contributed by atoms with Crippen molar-refractivity contribution in [3.05, 3.63) is 71.8 Å². The Kier molecular flexibility index (Phi) is 7.08. The number of hydrogen-bond donors (Lipinski definition) is 3. The van der Waals surface area contributed by atoms with Gasteiger partial charge >= 0.3 is 5.97 Å². The molecule has 0 saturated heterocycles. The Morgan fingerprint density at radius 1 is 1.03 bits per heavy atom. The van der Waals surface area contributed by atoms with Crippen LogP contribution in [0, 0.1) is 11.3 Å². The van der Waals surface area contributed by atoms with E-state index in [0.717, 1.165) is 10.8 Å². The number of aliphatic imine (C=N–C) groups is 1. The van der Waals surface area contributed by atoms with Crippen molar-refractivity contribution in [3.63, 3.8) is 0 Å². The van der Waals surface area contributed by atoms with Gasteiger partial charge in [-0.15, -0.1) is 0 Å². The molecule has 30 heavy (non-hydrogen) atoms. The number of nitrogens with two attached hydrogens (primary N) is 2. The highest BCUT2D eigenvalue weighted by molar-refractivity contribution is 7.85. The Morgan fingerprint density at radius 2 is 1.60 bits per heavy atom. The molecule has 0 saturated carbocycles. The number of nitriles is 1. The van der Waals surface area contributed by atoms with Crippen molar-refractivity contribution in [1.29, 1.82) is 5.26 Å². The first-order valence-electron chi connectivity index (χ1n) is 8.33. The number of esters is 1. The molecule has 0 radical (unpaired) electrons. The molecular formula is C20H18N4O5S. The van der Waals surface area contributed by atoms with Crippen molar-refractivity contribution in [1.82, 2.24) is 0 Å². The second-order valence-electron chi connectivity index (χ2n) is 6.04. The van der Waals surface area contributed by atoms with Crippen LogP contribution in [0.4, 0.5) is 5.69 Å². The highest BCUT2D eigenvalue weighted by Gasteiger charge is 2.09. The maximum Gasteiger partial charge on any atom is 0.343 e. The number of hydrogen-bond acceptors (Lipinski definition) is 6. The van der Waals surface area contributed by atoms with Crippen LogP contribution in [-0.2, 0) is 10.1 Å². The van der Waals surface area contributed by atoms with E-state index in [0.29, 0.717) is 28.8 Å². The molecule has 0 heterocycles. The standard InChI is InChI=1S/C19H14N4O2.CH4O3S/c20-11-12-1-2-15-10-17(8-5-14(15)9-12)25-18(24)13-3-6-16(7-4-13)23-19(21)22;1-5(2,3)4/h1-10H,(H4,21,22,23);1H3,(H,2,3,4). The second kappa shape index (κ2) is 9.51. The molecule has 0 unspecified atom stereocenters. The van der Waals surface area contributed by atoms with Gasteiger partial charge in [-0.25, -0.2) is 9.79 Å². The smallest absolute Gasteiger partial charge is 0.343 e. The summed E-state index contributed by atoms with van der Waals surface area (Å²) < 4.78 is 31.3. The molecule has 3 aromatic rings. The topological polar surface area (TPSA) is 169 Å². The summed E-state index contributed by atoms with van der Waals surface area (Å²) >= 11 is 0. The van der Waals surface area contributed by atoms with Gasteiger partial charge in [-0.2, -0.15) is 13.7 Å². The molecule has 154 valence electrons. The van der Waals surface area contributed by atoms with Crippen LogP contribution in [0.15, 0.2) is 65.7 Å². The summed E-state index contributed by atoms with van der Waals surface area (Å²) in [4.78, 5) is 16.1. The Labute approximate surface area is 173 Å². The van der Waals surface area contributed by atoms with Gasteiger partial charge in [-0.3, -0.25) is 4.55 Å². The monoisotopic (exact) mass is 426 g/mol. The van der Waals surface area contributed by atoms with E-state index >= 15 is 0 Å². The van der Waals surface area contributed by atoms with Crippen LogP contribution in [0.5, 0.6) is 5.75 Å². The molecule has 3 rings (SSSR count). The third-order valence-electron chi connectivity index (χ3n) is 3.51. The minimum Gasteiger partial charge on any atom is -0.423 e. The number of rotatable bonds is 3. The molecule has 10 heteroatoms. The fourth-order valence-electron chi connectivity index (χ4n) is 2.34. The fraction of sp³-hybridized carbons (Fsp3) is 0.0500. The summed E-state index contributed by atoms with van der Waals surface area (Å²) in [6, 6.07) is 19.1.